The molecular formula is C23H29F5N6O3. The number of rotatable bonds is 5. The van der Waals surface area contributed by atoms with E-state index in [-0.39, 0.29) is 49.7 Å². The second-order valence-electron chi connectivity index (χ2n) is 10.1. The highest BCUT2D eigenvalue weighted by atomic mass is 19.4. The molecule has 37 heavy (non-hydrogen) atoms. The number of carbonyl (C=O) groups is 1. The van der Waals surface area contributed by atoms with E-state index < -0.39 is 42.8 Å². The lowest BCUT2D eigenvalue weighted by Crippen LogP contribution is -2.55. The quantitative estimate of drug-likeness (QED) is 0.569. The number of nitrogens with one attached hydrogen (secondary N) is 1. The zero-order valence-corrected chi connectivity index (χ0v) is 20.0. The van der Waals surface area contributed by atoms with Crippen LogP contribution < -0.4 is 11.1 Å². The van der Waals surface area contributed by atoms with Gasteiger partial charge in [-0.25, -0.2) is 23.3 Å². The molecule has 2 aromatic heterocycles. The summed E-state index contributed by atoms with van der Waals surface area (Å²) >= 11 is 0. The van der Waals surface area contributed by atoms with E-state index in [1.54, 1.807) is 6.20 Å². The van der Waals surface area contributed by atoms with Gasteiger partial charge in [-0.2, -0.15) is 18.3 Å². The van der Waals surface area contributed by atoms with Crippen LogP contribution >= 0.6 is 0 Å². The van der Waals surface area contributed by atoms with Crippen molar-refractivity contribution in [2.45, 2.75) is 81.2 Å². The third-order valence-corrected chi connectivity index (χ3v) is 7.48. The van der Waals surface area contributed by atoms with Crippen molar-refractivity contribution in [1.82, 2.24) is 24.9 Å². The van der Waals surface area contributed by atoms with Crippen molar-refractivity contribution in [3.63, 3.8) is 0 Å². The third-order valence-electron chi connectivity index (χ3n) is 7.48. The van der Waals surface area contributed by atoms with E-state index in [0.29, 0.717) is 43.1 Å². The van der Waals surface area contributed by atoms with Gasteiger partial charge in [0.15, 0.2) is 6.10 Å². The number of fused-ring (bicyclic) bond motifs is 1. The molecule has 3 aliphatic rings. The topological polar surface area (TPSA) is 117 Å². The minimum absolute atomic E-state index is 0.0827. The summed E-state index contributed by atoms with van der Waals surface area (Å²) in [4.78, 5) is 21.6. The molecule has 0 radical (unpaired) electrons. The van der Waals surface area contributed by atoms with Gasteiger partial charge in [-0.05, 0) is 31.6 Å². The first kappa shape index (κ1) is 26.2. The number of imidazole rings is 1. The molecule has 3 N–H and O–H groups in total. The first-order valence-corrected chi connectivity index (χ1v) is 12.5. The Morgan fingerprint density at radius 3 is 2.54 bits per heavy atom. The van der Waals surface area contributed by atoms with Crippen LogP contribution in [0.3, 0.4) is 0 Å². The summed E-state index contributed by atoms with van der Waals surface area (Å²) in [6, 6.07) is -0.588. The molecule has 4 heterocycles. The molecule has 9 nitrogen and oxygen atoms in total. The number of hydrogen-bond acceptors (Lipinski definition) is 7. The largest absolute Gasteiger partial charge is 0.416 e. The van der Waals surface area contributed by atoms with E-state index in [0.717, 1.165) is 0 Å². The molecule has 2 saturated heterocycles. The number of nitrogens with two attached hydrogens (primary N) is 1. The molecule has 5 rings (SSSR count). The Bertz CT molecular complexity index is 1130. The number of halogens is 5. The summed E-state index contributed by atoms with van der Waals surface area (Å²) < 4.78 is 78.9. The van der Waals surface area contributed by atoms with Crippen LogP contribution in [0, 0.1) is 5.92 Å². The van der Waals surface area contributed by atoms with Gasteiger partial charge in [-0.15, -0.1) is 0 Å². The zero-order chi connectivity index (χ0) is 26.4. The first-order chi connectivity index (χ1) is 17.5. The predicted octanol–water partition coefficient (Wildman–Crippen LogP) is 2.83. The molecule has 0 aromatic carbocycles. The number of hydrogen-bond donors (Lipinski definition) is 2. The Balaban J connectivity index is 1.44. The van der Waals surface area contributed by atoms with Crippen LogP contribution in [0.25, 0.3) is 5.78 Å². The molecule has 0 spiro atoms. The molecule has 1 aliphatic carbocycles. The van der Waals surface area contributed by atoms with Crippen LogP contribution in [0.4, 0.5) is 22.0 Å². The Morgan fingerprint density at radius 2 is 1.86 bits per heavy atom. The van der Waals surface area contributed by atoms with Crippen molar-refractivity contribution in [2.24, 2.45) is 11.7 Å². The maximum Gasteiger partial charge on any atom is 0.416 e. The monoisotopic (exact) mass is 532 g/mol. The van der Waals surface area contributed by atoms with Crippen LogP contribution in [-0.4, -0.2) is 69.6 Å². The summed E-state index contributed by atoms with van der Waals surface area (Å²) in [6.07, 6.45) is -5.41. The van der Waals surface area contributed by atoms with E-state index >= 15 is 0 Å². The van der Waals surface area contributed by atoms with Crippen molar-refractivity contribution < 1.29 is 36.2 Å². The Kier molecular flexibility index (Phi) is 7.09. The molecule has 2 aromatic rings. The van der Waals surface area contributed by atoms with E-state index in [2.05, 4.69) is 20.4 Å². The fourth-order valence-corrected chi connectivity index (χ4v) is 5.27. The van der Waals surface area contributed by atoms with Crippen LogP contribution in [0.1, 0.15) is 67.6 Å². The SMILES string of the molecule is N[C@H](c1cn2nc(CC3OC(C(F)(F)F)CNC3=O)c(C3CCOCC3)nc2n1)C1CCC(F)(F)CC1. The van der Waals surface area contributed by atoms with Crippen molar-refractivity contribution in [2.75, 3.05) is 19.8 Å². The summed E-state index contributed by atoms with van der Waals surface area (Å²) in [5.41, 5.74) is 7.71. The molecule has 1 amide bonds. The molecule has 0 bridgehead atoms. The van der Waals surface area contributed by atoms with Crippen LogP contribution in [-0.2, 0) is 20.7 Å². The van der Waals surface area contributed by atoms with Crippen molar-refractivity contribution in [1.29, 1.82) is 0 Å². The van der Waals surface area contributed by atoms with Gasteiger partial charge in [-0.1, -0.05) is 0 Å². The molecule has 3 atom stereocenters. The Morgan fingerprint density at radius 1 is 1.16 bits per heavy atom. The average Bonchev–Trinajstić information content (AvgIpc) is 3.27. The third kappa shape index (κ3) is 5.70. The van der Waals surface area contributed by atoms with Gasteiger partial charge in [-0.3, -0.25) is 4.79 Å². The summed E-state index contributed by atoms with van der Waals surface area (Å²) in [5.74, 6) is -3.33. The average molecular weight is 533 g/mol. The van der Waals surface area contributed by atoms with E-state index in [4.69, 9.17) is 15.2 Å². The summed E-state index contributed by atoms with van der Waals surface area (Å²) in [6.45, 7) is 0.334. The van der Waals surface area contributed by atoms with Crippen LogP contribution in [0.5, 0.6) is 0 Å². The molecule has 1 saturated carbocycles. The molecular weight excluding hydrogens is 503 g/mol. The van der Waals surface area contributed by atoms with Crippen molar-refractivity contribution in [3.05, 3.63) is 23.3 Å². The predicted molar refractivity (Wildman–Crippen MR) is 119 cm³/mol. The molecule has 14 heteroatoms. The number of morpholine rings is 1. The smallest absolute Gasteiger partial charge is 0.381 e. The van der Waals surface area contributed by atoms with E-state index in [9.17, 15) is 26.7 Å². The van der Waals surface area contributed by atoms with Crippen molar-refractivity contribution >= 4 is 11.7 Å². The normalized spacial score (nSPS) is 26.8. The first-order valence-electron chi connectivity index (χ1n) is 12.5. The van der Waals surface area contributed by atoms with Gasteiger partial charge >= 0.3 is 6.18 Å². The number of carbonyl (C=O) groups excluding carboxylic acids is 1. The number of aromatic nitrogens is 4. The van der Waals surface area contributed by atoms with Gasteiger partial charge in [0, 0.05) is 38.4 Å². The second kappa shape index (κ2) is 10.0. The minimum atomic E-state index is -4.62. The zero-order valence-electron chi connectivity index (χ0n) is 20.0. The lowest BCUT2D eigenvalue weighted by Gasteiger charge is -2.31. The van der Waals surface area contributed by atoms with Gasteiger partial charge in [0.25, 0.3) is 5.78 Å². The fourth-order valence-electron chi connectivity index (χ4n) is 5.27. The highest BCUT2D eigenvalue weighted by Crippen LogP contribution is 2.40. The number of alkyl halides is 5. The Labute approximate surface area is 209 Å². The van der Waals surface area contributed by atoms with Crippen molar-refractivity contribution in [3.8, 4) is 0 Å². The maximum absolute atomic E-state index is 13.6. The number of nitrogens with zero attached hydrogens (tertiary/aromatic N) is 4. The van der Waals surface area contributed by atoms with E-state index in [1.165, 1.54) is 4.52 Å². The molecule has 3 fully saturated rings. The number of amides is 1. The summed E-state index contributed by atoms with van der Waals surface area (Å²) in [7, 11) is 0. The molecule has 2 aliphatic heterocycles. The summed E-state index contributed by atoms with van der Waals surface area (Å²) in [5, 5.41) is 6.84. The van der Waals surface area contributed by atoms with E-state index in [1.807, 2.05) is 0 Å². The van der Waals surface area contributed by atoms with Gasteiger partial charge in [0.05, 0.1) is 35.9 Å². The lowest BCUT2D eigenvalue weighted by molar-refractivity contribution is -0.237. The highest BCUT2D eigenvalue weighted by molar-refractivity contribution is 5.81. The lowest BCUT2D eigenvalue weighted by atomic mass is 9.81. The van der Waals surface area contributed by atoms with Gasteiger partial charge in [0.2, 0.25) is 11.8 Å². The second-order valence-corrected chi connectivity index (χ2v) is 10.1. The number of ether oxygens (including phenoxy) is 2. The standard InChI is InChI=1S/C23H29F5N6O3/c24-22(25)5-1-12(2-6-22)18(29)15-11-34-21(31-15)32-19(13-3-7-36-8-4-13)14(33-34)9-16-20(35)30-10-17(37-16)23(26,27)28/h11-13,16-18H,1-10,29H2,(H,30,35)/t16?,17?,18-/m0/s1. The minimum Gasteiger partial charge on any atom is -0.381 e. The fraction of sp³-hybridized carbons (Fsp3) is 0.739. The highest BCUT2D eigenvalue weighted by Gasteiger charge is 2.46. The molecule has 2 unspecified atom stereocenters. The van der Waals surface area contributed by atoms with Crippen LogP contribution in [0.2, 0.25) is 0 Å². The van der Waals surface area contributed by atoms with Gasteiger partial charge < -0.3 is 20.5 Å². The Hall–Kier alpha value is -2.45. The van der Waals surface area contributed by atoms with Crippen LogP contribution in [0.15, 0.2) is 6.20 Å². The van der Waals surface area contributed by atoms with Gasteiger partial charge in [0.1, 0.15) is 6.10 Å². The molecule has 204 valence electrons. The maximum atomic E-state index is 13.6.